The van der Waals surface area contributed by atoms with Gasteiger partial charge >= 0.3 is 0 Å². The zero-order valence-corrected chi connectivity index (χ0v) is 16.4. The summed E-state index contributed by atoms with van der Waals surface area (Å²) in [7, 11) is 0. The Hall–Kier alpha value is -3.39. The van der Waals surface area contributed by atoms with E-state index >= 15 is 0 Å². The molecule has 1 atom stereocenters. The third-order valence-corrected chi connectivity index (χ3v) is 6.04. The molecule has 0 radical (unpaired) electrons. The molecule has 2 amide bonds. The smallest absolute Gasteiger partial charge is 0.270 e. The number of nitrogens with zero attached hydrogens (tertiary/aromatic N) is 3. The Bertz CT molecular complexity index is 1140. The van der Waals surface area contributed by atoms with Gasteiger partial charge in [0.25, 0.3) is 5.91 Å². The number of nitrogens with one attached hydrogen (secondary N) is 2. The molecule has 0 fully saturated rings. The summed E-state index contributed by atoms with van der Waals surface area (Å²) in [5.74, 6) is -0.262. The zero-order chi connectivity index (χ0) is 19.8. The molecule has 1 aromatic carbocycles. The summed E-state index contributed by atoms with van der Waals surface area (Å²) in [6.45, 7) is 1.17. The highest BCUT2D eigenvalue weighted by Gasteiger charge is 2.33. The van der Waals surface area contributed by atoms with Crippen LogP contribution in [-0.4, -0.2) is 38.0 Å². The van der Waals surface area contributed by atoms with Crippen LogP contribution in [0.4, 0.5) is 0 Å². The first-order chi connectivity index (χ1) is 14.2. The van der Waals surface area contributed by atoms with Crippen molar-refractivity contribution >= 4 is 34.1 Å². The van der Waals surface area contributed by atoms with Crippen molar-refractivity contribution in [2.75, 3.05) is 6.54 Å². The number of hydrogen-bond donors (Lipinski definition) is 2. The third-order valence-electron chi connectivity index (χ3n) is 5.16. The van der Waals surface area contributed by atoms with E-state index in [1.165, 1.54) is 0 Å². The van der Waals surface area contributed by atoms with E-state index in [1.54, 1.807) is 27.1 Å². The summed E-state index contributed by atoms with van der Waals surface area (Å²) < 4.78 is 1.72. The Morgan fingerprint density at radius 2 is 2.10 bits per heavy atom. The second kappa shape index (κ2) is 7.21. The fourth-order valence-electron chi connectivity index (χ4n) is 3.71. The molecular weight excluding hydrogens is 386 g/mol. The Kier molecular flexibility index (Phi) is 4.40. The normalized spacial score (nSPS) is 16.0. The van der Waals surface area contributed by atoms with E-state index in [2.05, 4.69) is 15.4 Å². The molecule has 0 spiro atoms. The molecule has 8 heteroatoms. The molecule has 1 unspecified atom stereocenters. The van der Waals surface area contributed by atoms with Crippen LogP contribution in [0.15, 0.2) is 60.1 Å². The molecule has 29 heavy (non-hydrogen) atoms. The van der Waals surface area contributed by atoms with Gasteiger partial charge in [-0.2, -0.15) is 5.10 Å². The van der Waals surface area contributed by atoms with Gasteiger partial charge in [0, 0.05) is 22.0 Å². The summed E-state index contributed by atoms with van der Waals surface area (Å²) in [5, 5.41) is 10.3. The standard InChI is InChI=1S/C21H19N5O2S/c27-20(22-11-16-5-3-9-29-16)19-13-25(12-15-7-8-23-26(15)19)21(28)18-10-14-4-1-2-6-17(14)24-18/h1-10,19,24H,11-13H2,(H,22,27). The van der Waals surface area contributed by atoms with E-state index in [-0.39, 0.29) is 18.4 Å². The summed E-state index contributed by atoms with van der Waals surface area (Å²) in [6, 6.07) is 14.9. The van der Waals surface area contributed by atoms with Crippen molar-refractivity contribution in [2.45, 2.75) is 19.1 Å². The fraction of sp³-hybridized carbons (Fsp3) is 0.190. The number of amides is 2. The number of para-hydroxylation sites is 1. The lowest BCUT2D eigenvalue weighted by Crippen LogP contribution is -2.47. The van der Waals surface area contributed by atoms with Crippen LogP contribution in [-0.2, 0) is 17.9 Å². The second-order valence-electron chi connectivity index (χ2n) is 7.04. The molecule has 1 aliphatic rings. The van der Waals surface area contributed by atoms with Crippen molar-refractivity contribution in [2.24, 2.45) is 0 Å². The Balaban J connectivity index is 1.38. The average molecular weight is 405 g/mol. The van der Waals surface area contributed by atoms with Crippen LogP contribution in [0.2, 0.25) is 0 Å². The van der Waals surface area contributed by atoms with E-state index < -0.39 is 6.04 Å². The number of carbonyl (C=O) groups is 2. The van der Waals surface area contributed by atoms with Crippen LogP contribution in [0, 0.1) is 0 Å². The molecule has 2 N–H and O–H groups in total. The summed E-state index contributed by atoms with van der Waals surface area (Å²) in [5.41, 5.74) is 2.29. The Morgan fingerprint density at radius 1 is 1.21 bits per heavy atom. The highest BCUT2D eigenvalue weighted by atomic mass is 32.1. The van der Waals surface area contributed by atoms with E-state index in [0.29, 0.717) is 18.8 Å². The molecule has 146 valence electrons. The lowest BCUT2D eigenvalue weighted by atomic mass is 10.1. The number of hydrogen-bond acceptors (Lipinski definition) is 4. The largest absolute Gasteiger partial charge is 0.351 e. The van der Waals surface area contributed by atoms with Crippen LogP contribution in [0.5, 0.6) is 0 Å². The van der Waals surface area contributed by atoms with E-state index in [0.717, 1.165) is 21.5 Å². The van der Waals surface area contributed by atoms with Crippen molar-refractivity contribution in [3.8, 4) is 0 Å². The molecular formula is C21H19N5O2S. The van der Waals surface area contributed by atoms with Gasteiger partial charge in [-0.25, -0.2) is 0 Å². The molecule has 5 rings (SSSR count). The fourth-order valence-corrected chi connectivity index (χ4v) is 4.35. The average Bonchev–Trinajstić information content (AvgIpc) is 3.50. The summed E-state index contributed by atoms with van der Waals surface area (Å²) >= 11 is 1.60. The third kappa shape index (κ3) is 3.31. The lowest BCUT2D eigenvalue weighted by Gasteiger charge is -2.33. The first-order valence-corrected chi connectivity index (χ1v) is 10.3. The van der Waals surface area contributed by atoms with E-state index in [4.69, 9.17) is 0 Å². The number of aromatic nitrogens is 3. The van der Waals surface area contributed by atoms with E-state index in [9.17, 15) is 9.59 Å². The Morgan fingerprint density at radius 3 is 2.93 bits per heavy atom. The lowest BCUT2D eigenvalue weighted by molar-refractivity contribution is -0.125. The van der Waals surface area contributed by atoms with Gasteiger partial charge in [-0.05, 0) is 29.6 Å². The molecule has 3 aromatic heterocycles. The van der Waals surface area contributed by atoms with Gasteiger partial charge < -0.3 is 15.2 Å². The number of aromatic amines is 1. The summed E-state index contributed by atoms with van der Waals surface area (Å²) in [6.07, 6.45) is 1.67. The molecule has 7 nitrogen and oxygen atoms in total. The number of thiophene rings is 1. The molecule has 0 bridgehead atoms. The second-order valence-corrected chi connectivity index (χ2v) is 8.07. The van der Waals surface area contributed by atoms with E-state index in [1.807, 2.05) is 53.9 Å². The van der Waals surface area contributed by atoms with Gasteiger partial charge in [0.15, 0.2) is 0 Å². The predicted molar refractivity (Wildman–Crippen MR) is 110 cm³/mol. The maximum atomic E-state index is 13.1. The maximum Gasteiger partial charge on any atom is 0.270 e. The minimum atomic E-state index is -0.554. The van der Waals surface area contributed by atoms with Gasteiger partial charge in [0.1, 0.15) is 11.7 Å². The number of carbonyl (C=O) groups excluding carboxylic acids is 2. The number of benzene rings is 1. The van der Waals surface area contributed by atoms with Crippen LogP contribution in [0.25, 0.3) is 10.9 Å². The van der Waals surface area contributed by atoms with Crippen molar-refractivity contribution in [3.05, 3.63) is 76.4 Å². The minimum Gasteiger partial charge on any atom is -0.351 e. The number of H-pyrrole nitrogens is 1. The zero-order valence-electron chi connectivity index (χ0n) is 15.5. The van der Waals surface area contributed by atoms with Crippen molar-refractivity contribution in [1.29, 1.82) is 0 Å². The number of rotatable bonds is 4. The van der Waals surface area contributed by atoms with Crippen molar-refractivity contribution in [1.82, 2.24) is 25.0 Å². The molecule has 1 aliphatic heterocycles. The quantitative estimate of drug-likeness (QED) is 0.548. The van der Waals surface area contributed by atoms with Gasteiger partial charge in [-0.1, -0.05) is 24.3 Å². The SMILES string of the molecule is O=C(NCc1cccs1)C1CN(C(=O)c2cc3ccccc3[nH]2)Cc2ccnn21. The van der Waals surface area contributed by atoms with Crippen molar-refractivity contribution in [3.63, 3.8) is 0 Å². The molecule has 0 saturated carbocycles. The predicted octanol–water partition coefficient (Wildman–Crippen LogP) is 2.94. The molecule has 0 saturated heterocycles. The first kappa shape index (κ1) is 17.7. The van der Waals surface area contributed by atoms with Crippen LogP contribution < -0.4 is 5.32 Å². The summed E-state index contributed by atoms with van der Waals surface area (Å²) in [4.78, 5) is 32.0. The topological polar surface area (TPSA) is 83.0 Å². The number of fused-ring (bicyclic) bond motifs is 2. The van der Waals surface area contributed by atoms with Gasteiger partial charge in [0.2, 0.25) is 5.91 Å². The highest BCUT2D eigenvalue weighted by Crippen LogP contribution is 2.24. The molecule has 4 heterocycles. The highest BCUT2D eigenvalue weighted by molar-refractivity contribution is 7.09. The van der Waals surface area contributed by atoms with Crippen LogP contribution in [0.3, 0.4) is 0 Å². The monoisotopic (exact) mass is 405 g/mol. The van der Waals surface area contributed by atoms with Gasteiger partial charge in [0.05, 0.1) is 25.3 Å². The first-order valence-electron chi connectivity index (χ1n) is 9.38. The molecule has 4 aromatic rings. The maximum absolute atomic E-state index is 13.1. The Labute approximate surface area is 171 Å². The molecule has 0 aliphatic carbocycles. The van der Waals surface area contributed by atoms with Crippen LogP contribution >= 0.6 is 11.3 Å². The van der Waals surface area contributed by atoms with Crippen LogP contribution in [0.1, 0.15) is 27.1 Å². The van der Waals surface area contributed by atoms with Crippen molar-refractivity contribution < 1.29 is 9.59 Å². The van der Waals surface area contributed by atoms with Gasteiger partial charge in [-0.15, -0.1) is 11.3 Å². The van der Waals surface area contributed by atoms with Gasteiger partial charge in [-0.3, -0.25) is 14.3 Å². The minimum absolute atomic E-state index is 0.121.